The number of nitrogens with zero attached hydrogens (tertiary/aromatic N) is 3. The molecule has 2 rings (SSSR count). The molecule has 0 aliphatic carbocycles. The van der Waals surface area contributed by atoms with E-state index >= 15 is 0 Å². The quantitative estimate of drug-likeness (QED) is 0.858. The summed E-state index contributed by atoms with van der Waals surface area (Å²) in [5, 5.41) is 18.2. The Bertz CT molecular complexity index is 688. The van der Waals surface area contributed by atoms with E-state index in [1.807, 2.05) is 49.3 Å². The van der Waals surface area contributed by atoms with E-state index in [9.17, 15) is 5.26 Å². The summed E-state index contributed by atoms with van der Waals surface area (Å²) in [6.45, 7) is 0. The first kappa shape index (κ1) is 14.6. The minimum atomic E-state index is -0.199. The van der Waals surface area contributed by atoms with Crippen molar-refractivity contribution >= 4 is 5.69 Å². The van der Waals surface area contributed by atoms with Crippen molar-refractivity contribution in [2.24, 2.45) is 0 Å². The van der Waals surface area contributed by atoms with E-state index in [1.54, 1.807) is 12.1 Å². The highest BCUT2D eigenvalue weighted by Crippen LogP contribution is 2.23. The van der Waals surface area contributed by atoms with Gasteiger partial charge in [0.1, 0.15) is 0 Å². The summed E-state index contributed by atoms with van der Waals surface area (Å²) in [7, 11) is 4.00. The van der Waals surface area contributed by atoms with Crippen LogP contribution in [0.5, 0.6) is 0 Å². The van der Waals surface area contributed by atoms with Crippen LogP contribution in [0.15, 0.2) is 48.5 Å². The molecule has 0 saturated heterocycles. The molecule has 0 bridgehead atoms. The van der Waals surface area contributed by atoms with E-state index in [-0.39, 0.29) is 5.92 Å². The summed E-state index contributed by atoms with van der Waals surface area (Å²) in [6, 6.07) is 19.9. The van der Waals surface area contributed by atoms with Crippen molar-refractivity contribution in [3.8, 4) is 12.1 Å². The highest BCUT2D eigenvalue weighted by atomic mass is 15.1. The Hall–Kier alpha value is -2.78. The van der Waals surface area contributed by atoms with Crippen LogP contribution >= 0.6 is 0 Å². The maximum Gasteiger partial charge on any atom is 0.0991 e. The maximum atomic E-state index is 9.42. The third kappa shape index (κ3) is 3.61. The summed E-state index contributed by atoms with van der Waals surface area (Å²) in [5.41, 5.74) is 3.83. The zero-order chi connectivity index (χ0) is 15.2. The highest BCUT2D eigenvalue weighted by Gasteiger charge is 2.12. The lowest BCUT2D eigenvalue weighted by Crippen LogP contribution is -2.09. The van der Waals surface area contributed by atoms with Crippen molar-refractivity contribution in [3.63, 3.8) is 0 Å². The first-order chi connectivity index (χ1) is 10.1. The van der Waals surface area contributed by atoms with Crippen LogP contribution in [-0.4, -0.2) is 14.1 Å². The van der Waals surface area contributed by atoms with Gasteiger partial charge in [-0.2, -0.15) is 10.5 Å². The topological polar surface area (TPSA) is 50.8 Å². The molecule has 0 amide bonds. The molecular weight excluding hydrogens is 258 g/mol. The van der Waals surface area contributed by atoms with Gasteiger partial charge in [0.05, 0.1) is 23.6 Å². The first-order valence-corrected chi connectivity index (χ1v) is 6.80. The van der Waals surface area contributed by atoms with E-state index in [1.165, 1.54) is 0 Å². The second-order valence-electron chi connectivity index (χ2n) is 5.18. The molecule has 21 heavy (non-hydrogen) atoms. The molecule has 0 aliphatic heterocycles. The monoisotopic (exact) mass is 275 g/mol. The fourth-order valence-corrected chi connectivity index (χ4v) is 2.23. The second kappa shape index (κ2) is 6.59. The van der Waals surface area contributed by atoms with Crippen molar-refractivity contribution in [2.75, 3.05) is 19.0 Å². The van der Waals surface area contributed by atoms with Gasteiger partial charge in [0.25, 0.3) is 0 Å². The predicted octanol–water partition coefficient (Wildman–Crippen LogP) is 3.47. The molecule has 1 unspecified atom stereocenters. The molecule has 0 aromatic heterocycles. The Balaban J connectivity index is 2.21. The molecule has 3 nitrogen and oxygen atoms in total. The molecule has 0 N–H and O–H groups in total. The van der Waals surface area contributed by atoms with Crippen LogP contribution in [0.1, 0.15) is 22.6 Å². The SMILES string of the molecule is CN(C)c1cccc(CC(C#N)c2ccc(C#N)cc2)c1. The van der Waals surface area contributed by atoms with Gasteiger partial charge in [-0.05, 0) is 41.8 Å². The van der Waals surface area contributed by atoms with Gasteiger partial charge in [0.15, 0.2) is 0 Å². The second-order valence-corrected chi connectivity index (χ2v) is 5.18. The minimum absolute atomic E-state index is 0.199. The number of hydrogen-bond acceptors (Lipinski definition) is 3. The Labute approximate surface area is 125 Å². The van der Waals surface area contributed by atoms with Crippen LogP contribution in [0.25, 0.3) is 0 Å². The normalized spacial score (nSPS) is 11.2. The van der Waals surface area contributed by atoms with Gasteiger partial charge < -0.3 is 4.90 Å². The Morgan fingerprint density at radius 2 is 1.76 bits per heavy atom. The van der Waals surface area contributed by atoms with Gasteiger partial charge in [0.2, 0.25) is 0 Å². The largest absolute Gasteiger partial charge is 0.378 e. The lowest BCUT2D eigenvalue weighted by Gasteiger charge is -2.15. The van der Waals surface area contributed by atoms with Gasteiger partial charge in [0, 0.05) is 19.8 Å². The molecule has 0 aliphatic rings. The van der Waals surface area contributed by atoms with Crippen LogP contribution in [0.2, 0.25) is 0 Å². The lowest BCUT2D eigenvalue weighted by molar-refractivity contribution is 0.848. The minimum Gasteiger partial charge on any atom is -0.378 e. The van der Waals surface area contributed by atoms with Crippen molar-refractivity contribution < 1.29 is 0 Å². The molecule has 104 valence electrons. The summed E-state index contributed by atoms with van der Waals surface area (Å²) < 4.78 is 0. The van der Waals surface area contributed by atoms with Gasteiger partial charge >= 0.3 is 0 Å². The molecule has 2 aromatic rings. The summed E-state index contributed by atoms with van der Waals surface area (Å²) >= 11 is 0. The molecule has 0 spiro atoms. The summed E-state index contributed by atoms with van der Waals surface area (Å²) in [5.74, 6) is -0.199. The fraction of sp³-hybridized carbons (Fsp3) is 0.222. The standard InChI is InChI=1S/C18H17N3/c1-21(2)18-5-3-4-15(11-18)10-17(13-20)16-8-6-14(12-19)7-9-16/h3-9,11,17H,10H2,1-2H3. The molecule has 2 aromatic carbocycles. The predicted molar refractivity (Wildman–Crippen MR) is 84.0 cm³/mol. The smallest absolute Gasteiger partial charge is 0.0991 e. The Morgan fingerprint density at radius 1 is 1.05 bits per heavy atom. The van der Waals surface area contributed by atoms with E-state index in [2.05, 4.69) is 18.2 Å². The molecule has 0 radical (unpaired) electrons. The number of nitriles is 2. The van der Waals surface area contributed by atoms with Crippen LogP contribution < -0.4 is 4.90 Å². The Morgan fingerprint density at radius 3 is 2.33 bits per heavy atom. The molecule has 3 heteroatoms. The van der Waals surface area contributed by atoms with Crippen molar-refractivity contribution in [1.82, 2.24) is 0 Å². The third-order valence-corrected chi connectivity index (χ3v) is 3.46. The number of rotatable bonds is 4. The molecular formula is C18H17N3. The number of anilines is 1. The lowest BCUT2D eigenvalue weighted by atomic mass is 9.92. The first-order valence-electron chi connectivity index (χ1n) is 6.80. The number of hydrogen-bond donors (Lipinski definition) is 0. The zero-order valence-corrected chi connectivity index (χ0v) is 12.2. The zero-order valence-electron chi connectivity index (χ0n) is 12.2. The van der Waals surface area contributed by atoms with E-state index in [4.69, 9.17) is 5.26 Å². The van der Waals surface area contributed by atoms with Gasteiger partial charge in [-0.3, -0.25) is 0 Å². The van der Waals surface area contributed by atoms with Crippen molar-refractivity contribution in [3.05, 3.63) is 65.2 Å². The maximum absolute atomic E-state index is 9.42. The molecule has 0 fully saturated rings. The van der Waals surface area contributed by atoms with Gasteiger partial charge in [-0.15, -0.1) is 0 Å². The van der Waals surface area contributed by atoms with Gasteiger partial charge in [-0.25, -0.2) is 0 Å². The van der Waals surface area contributed by atoms with E-state index in [0.29, 0.717) is 12.0 Å². The highest BCUT2D eigenvalue weighted by molar-refractivity contribution is 5.48. The van der Waals surface area contributed by atoms with Crippen LogP contribution in [0.3, 0.4) is 0 Å². The van der Waals surface area contributed by atoms with Crippen LogP contribution in [0.4, 0.5) is 5.69 Å². The summed E-state index contributed by atoms with van der Waals surface area (Å²) in [6.07, 6.45) is 0.671. The van der Waals surface area contributed by atoms with Gasteiger partial charge in [-0.1, -0.05) is 24.3 Å². The Kier molecular flexibility index (Phi) is 4.59. The molecule has 0 heterocycles. The van der Waals surface area contributed by atoms with Crippen LogP contribution in [0, 0.1) is 22.7 Å². The van der Waals surface area contributed by atoms with Crippen molar-refractivity contribution in [1.29, 1.82) is 10.5 Å². The average Bonchev–Trinajstić information content (AvgIpc) is 2.53. The third-order valence-electron chi connectivity index (χ3n) is 3.46. The van der Waals surface area contributed by atoms with Crippen LogP contribution in [-0.2, 0) is 6.42 Å². The fourth-order valence-electron chi connectivity index (χ4n) is 2.23. The average molecular weight is 275 g/mol. The molecule has 1 atom stereocenters. The van der Waals surface area contributed by atoms with E-state index < -0.39 is 0 Å². The van der Waals surface area contributed by atoms with E-state index in [0.717, 1.165) is 16.8 Å². The van der Waals surface area contributed by atoms with Crippen molar-refractivity contribution in [2.45, 2.75) is 12.3 Å². The number of benzene rings is 2. The molecule has 0 saturated carbocycles. The summed E-state index contributed by atoms with van der Waals surface area (Å²) in [4.78, 5) is 2.05.